The van der Waals surface area contributed by atoms with Crippen LogP contribution in [-0.4, -0.2) is 18.0 Å². The number of nitrogens with one attached hydrogen (secondary N) is 1. The van der Waals surface area contributed by atoms with E-state index >= 15 is 0 Å². The first kappa shape index (κ1) is 19.8. The van der Waals surface area contributed by atoms with Gasteiger partial charge in [0.1, 0.15) is 5.82 Å². The highest BCUT2D eigenvalue weighted by Crippen LogP contribution is 2.16. The van der Waals surface area contributed by atoms with Crippen LogP contribution in [0.2, 0.25) is 0 Å². The fourth-order valence-electron chi connectivity index (χ4n) is 3.15. The zero-order valence-corrected chi connectivity index (χ0v) is 17.1. The van der Waals surface area contributed by atoms with Crippen LogP contribution in [0.5, 0.6) is 0 Å². The number of nitrogens with zero attached hydrogens (tertiary/aromatic N) is 2. The molecule has 152 valence electrons. The van der Waals surface area contributed by atoms with Gasteiger partial charge in [0.15, 0.2) is 0 Å². The summed E-state index contributed by atoms with van der Waals surface area (Å²) in [6.07, 6.45) is 0. The first-order valence-corrected chi connectivity index (χ1v) is 10.8. The summed E-state index contributed by atoms with van der Waals surface area (Å²) >= 11 is 0. The minimum atomic E-state index is -3.81. The number of anilines is 1. The molecule has 3 N–H and O–H groups in total. The molecule has 0 radical (unpaired) electrons. The highest BCUT2D eigenvalue weighted by atomic mass is 32.2. The number of nitrogen functional groups attached to an aromatic ring is 1. The van der Waals surface area contributed by atoms with Crippen molar-refractivity contribution in [1.82, 2.24) is 14.3 Å². The van der Waals surface area contributed by atoms with Gasteiger partial charge >= 0.3 is 0 Å². The van der Waals surface area contributed by atoms with Crippen LogP contribution in [0.4, 0.5) is 5.69 Å². The van der Waals surface area contributed by atoms with Crippen molar-refractivity contribution in [3.05, 3.63) is 94.5 Å². The van der Waals surface area contributed by atoms with Gasteiger partial charge < -0.3 is 5.73 Å². The van der Waals surface area contributed by atoms with Gasteiger partial charge in [0.2, 0.25) is 10.0 Å². The molecule has 0 saturated heterocycles. The fraction of sp³-hybridized carbons (Fsp3) is 0.0909. The minimum Gasteiger partial charge on any atom is -0.399 e. The summed E-state index contributed by atoms with van der Waals surface area (Å²) in [5.74, 6) is 0.293. The minimum absolute atomic E-state index is 0.0849. The third-order valence-electron chi connectivity index (χ3n) is 4.75. The van der Waals surface area contributed by atoms with Crippen LogP contribution in [0.15, 0.2) is 82.5 Å². The molecule has 0 unspecified atom stereocenters. The van der Waals surface area contributed by atoms with Crippen LogP contribution in [0, 0.1) is 6.92 Å². The molecule has 0 aliphatic heterocycles. The zero-order chi connectivity index (χ0) is 21.3. The van der Waals surface area contributed by atoms with Gasteiger partial charge in [-0.15, -0.1) is 0 Å². The Morgan fingerprint density at radius 1 is 0.967 bits per heavy atom. The smallest absolute Gasteiger partial charge is 0.266 e. The van der Waals surface area contributed by atoms with E-state index in [-0.39, 0.29) is 17.0 Å². The molecule has 0 amide bonds. The monoisotopic (exact) mass is 420 g/mol. The van der Waals surface area contributed by atoms with Crippen LogP contribution < -0.4 is 16.0 Å². The van der Waals surface area contributed by atoms with Crippen molar-refractivity contribution in [1.29, 1.82) is 0 Å². The predicted molar refractivity (Wildman–Crippen MR) is 117 cm³/mol. The lowest BCUT2D eigenvalue weighted by Gasteiger charge is -2.15. The predicted octanol–water partition coefficient (Wildman–Crippen LogP) is 2.75. The van der Waals surface area contributed by atoms with Gasteiger partial charge in [0.25, 0.3) is 5.56 Å². The number of hydrogen-bond acceptors (Lipinski definition) is 5. The van der Waals surface area contributed by atoms with Gasteiger partial charge in [-0.2, -0.15) is 0 Å². The number of fused-ring (bicyclic) bond motifs is 1. The topological polar surface area (TPSA) is 107 Å². The van der Waals surface area contributed by atoms with E-state index in [4.69, 9.17) is 5.73 Å². The second-order valence-corrected chi connectivity index (χ2v) is 8.68. The lowest BCUT2D eigenvalue weighted by Crippen LogP contribution is -2.30. The van der Waals surface area contributed by atoms with Gasteiger partial charge in [0, 0.05) is 5.69 Å². The summed E-state index contributed by atoms with van der Waals surface area (Å²) in [5.41, 5.74) is 8.02. The van der Waals surface area contributed by atoms with Crippen molar-refractivity contribution in [3.63, 3.8) is 0 Å². The summed E-state index contributed by atoms with van der Waals surface area (Å²) in [5, 5.41) is 0.461. The van der Waals surface area contributed by atoms with Gasteiger partial charge in [-0.1, -0.05) is 29.8 Å². The van der Waals surface area contributed by atoms with E-state index < -0.39 is 10.0 Å². The van der Waals surface area contributed by atoms with Crippen LogP contribution in [-0.2, 0) is 16.6 Å². The average molecular weight is 420 g/mol. The Morgan fingerprint density at radius 2 is 1.63 bits per heavy atom. The second-order valence-electron chi connectivity index (χ2n) is 6.91. The molecule has 0 aliphatic rings. The van der Waals surface area contributed by atoms with E-state index in [1.165, 1.54) is 28.8 Å². The van der Waals surface area contributed by atoms with Crippen molar-refractivity contribution < 1.29 is 8.42 Å². The molecule has 30 heavy (non-hydrogen) atoms. The third-order valence-corrected chi connectivity index (χ3v) is 6.17. The zero-order valence-electron chi connectivity index (χ0n) is 16.2. The van der Waals surface area contributed by atoms with E-state index in [9.17, 15) is 13.2 Å². The quantitative estimate of drug-likeness (QED) is 0.483. The lowest BCUT2D eigenvalue weighted by atomic mass is 10.2. The Labute approximate surface area is 173 Å². The summed E-state index contributed by atoms with van der Waals surface area (Å²) in [6.45, 7) is 1.80. The SMILES string of the molecule is Cc1ccc(-n2c(CNS(=O)(=O)c3ccc(N)cc3)nc3ccccc3c2=O)cc1. The molecule has 8 heteroatoms. The number of nitrogens with two attached hydrogens (primary N) is 1. The lowest BCUT2D eigenvalue weighted by molar-refractivity contribution is 0.578. The third kappa shape index (κ3) is 3.83. The number of aromatic nitrogens is 2. The Hall–Kier alpha value is -3.49. The maximum atomic E-state index is 13.2. The van der Waals surface area contributed by atoms with Crippen molar-refractivity contribution in [3.8, 4) is 5.69 Å². The number of aryl methyl sites for hydroxylation is 1. The maximum absolute atomic E-state index is 13.2. The molecular formula is C22H20N4O3S. The average Bonchev–Trinajstić information content (AvgIpc) is 2.74. The molecule has 1 heterocycles. The molecule has 0 atom stereocenters. The summed E-state index contributed by atoms with van der Waals surface area (Å²) in [6, 6.07) is 20.3. The Bertz CT molecular complexity index is 1380. The molecule has 4 rings (SSSR count). The number of sulfonamides is 1. The van der Waals surface area contributed by atoms with Gasteiger partial charge in [-0.25, -0.2) is 18.1 Å². The summed E-state index contributed by atoms with van der Waals surface area (Å²) < 4.78 is 29.4. The van der Waals surface area contributed by atoms with Gasteiger partial charge in [-0.3, -0.25) is 9.36 Å². The molecule has 1 aromatic heterocycles. The van der Waals surface area contributed by atoms with Gasteiger partial charge in [0.05, 0.1) is 28.0 Å². The highest BCUT2D eigenvalue weighted by Gasteiger charge is 2.17. The molecule has 0 aliphatic carbocycles. The Balaban J connectivity index is 1.79. The van der Waals surface area contributed by atoms with Crippen molar-refractivity contribution >= 4 is 26.6 Å². The van der Waals surface area contributed by atoms with E-state index in [2.05, 4.69) is 9.71 Å². The van der Waals surface area contributed by atoms with Gasteiger partial charge in [-0.05, 0) is 55.5 Å². The molecule has 0 spiro atoms. The molecule has 7 nitrogen and oxygen atoms in total. The van der Waals surface area contributed by atoms with E-state index in [0.29, 0.717) is 28.1 Å². The number of rotatable bonds is 5. The normalized spacial score (nSPS) is 11.6. The number of hydrogen-bond donors (Lipinski definition) is 2. The number of benzene rings is 3. The largest absolute Gasteiger partial charge is 0.399 e. The standard InChI is InChI=1S/C22H20N4O3S/c1-15-6-10-17(11-7-15)26-21(25-20-5-3-2-4-19(20)22(26)27)14-24-30(28,29)18-12-8-16(23)9-13-18/h2-13,24H,14,23H2,1H3. The van der Waals surface area contributed by atoms with Crippen molar-refractivity contribution in [2.45, 2.75) is 18.4 Å². The first-order chi connectivity index (χ1) is 14.3. The molecule has 0 fully saturated rings. The second kappa shape index (κ2) is 7.74. The molecule has 0 saturated carbocycles. The summed E-state index contributed by atoms with van der Waals surface area (Å²) in [4.78, 5) is 17.8. The van der Waals surface area contributed by atoms with Crippen LogP contribution in [0.25, 0.3) is 16.6 Å². The molecule has 0 bridgehead atoms. The highest BCUT2D eigenvalue weighted by molar-refractivity contribution is 7.89. The van der Waals surface area contributed by atoms with Crippen LogP contribution in [0.3, 0.4) is 0 Å². The fourth-order valence-corrected chi connectivity index (χ4v) is 4.13. The Morgan fingerprint density at radius 3 is 2.33 bits per heavy atom. The number of para-hydroxylation sites is 1. The maximum Gasteiger partial charge on any atom is 0.266 e. The van der Waals surface area contributed by atoms with Crippen LogP contribution >= 0.6 is 0 Å². The first-order valence-electron chi connectivity index (χ1n) is 9.28. The van der Waals surface area contributed by atoms with E-state index in [0.717, 1.165) is 5.56 Å². The van der Waals surface area contributed by atoms with Crippen molar-refractivity contribution in [2.75, 3.05) is 5.73 Å². The molecular weight excluding hydrogens is 400 g/mol. The van der Waals surface area contributed by atoms with E-state index in [1.54, 1.807) is 24.3 Å². The molecule has 3 aromatic carbocycles. The molecule has 4 aromatic rings. The summed E-state index contributed by atoms with van der Waals surface area (Å²) in [7, 11) is -3.81. The van der Waals surface area contributed by atoms with Crippen molar-refractivity contribution in [2.24, 2.45) is 0 Å². The van der Waals surface area contributed by atoms with E-state index in [1.807, 2.05) is 31.2 Å². The van der Waals surface area contributed by atoms with Crippen LogP contribution in [0.1, 0.15) is 11.4 Å². The Kier molecular flexibility index (Phi) is 5.11.